The monoisotopic (exact) mass is 311 g/mol. The zero-order valence-corrected chi connectivity index (χ0v) is 12.2. The minimum Gasteiger partial charge on any atom is -0.395 e. The van der Waals surface area contributed by atoms with Gasteiger partial charge in [0.25, 0.3) is 0 Å². The van der Waals surface area contributed by atoms with Gasteiger partial charge in [-0.25, -0.2) is 0 Å². The van der Waals surface area contributed by atoms with Crippen LogP contribution in [0, 0.1) is 6.92 Å². The summed E-state index contributed by atoms with van der Waals surface area (Å²) in [6.07, 6.45) is -3.00. The lowest BCUT2D eigenvalue weighted by Gasteiger charge is -2.15. The molecule has 0 saturated heterocycles. The number of alkyl halides is 3. The highest BCUT2D eigenvalue weighted by molar-refractivity contribution is 5.97. The zero-order valence-electron chi connectivity index (χ0n) is 12.2. The lowest BCUT2D eigenvalue weighted by Crippen LogP contribution is -2.10. The Morgan fingerprint density at radius 1 is 1.27 bits per heavy atom. The van der Waals surface area contributed by atoms with Crippen molar-refractivity contribution in [2.75, 3.05) is 6.61 Å². The van der Waals surface area contributed by atoms with Crippen LogP contribution in [0.2, 0.25) is 0 Å². The highest BCUT2D eigenvalue weighted by Crippen LogP contribution is 2.39. The molecule has 0 aliphatic heterocycles. The maximum absolute atomic E-state index is 13.2. The van der Waals surface area contributed by atoms with Crippen molar-refractivity contribution >= 4 is 5.78 Å². The minimum atomic E-state index is -4.49. The average Bonchev–Trinajstić information content (AvgIpc) is 2.75. The van der Waals surface area contributed by atoms with E-state index in [1.807, 2.05) is 0 Å². The number of carbonyl (C=O) groups is 1. The van der Waals surface area contributed by atoms with Crippen molar-refractivity contribution in [2.45, 2.75) is 26.6 Å². The summed E-state index contributed by atoms with van der Waals surface area (Å²) in [5.74, 6) is -0.222. The topological polar surface area (TPSA) is 42.2 Å². The fourth-order valence-electron chi connectivity index (χ4n) is 2.59. The molecule has 0 spiro atoms. The Kier molecular flexibility index (Phi) is 4.42. The first-order chi connectivity index (χ1) is 10.3. The summed E-state index contributed by atoms with van der Waals surface area (Å²) in [6.45, 7) is 2.88. The van der Waals surface area contributed by atoms with Crippen LogP contribution >= 0.6 is 0 Å². The van der Waals surface area contributed by atoms with E-state index in [2.05, 4.69) is 0 Å². The standard InChI is InChI=1S/C16H16F3NO2/c1-10-13(11(2)22)9-20(7-8-21)15(10)12-5-3-4-6-14(12)16(17,18)19/h3-6,9,21H,7-8H2,1-2H3. The van der Waals surface area contributed by atoms with Gasteiger partial charge in [-0.05, 0) is 25.5 Å². The van der Waals surface area contributed by atoms with Crippen molar-refractivity contribution < 1.29 is 23.1 Å². The maximum atomic E-state index is 13.2. The number of hydrogen-bond acceptors (Lipinski definition) is 2. The zero-order chi connectivity index (χ0) is 16.5. The van der Waals surface area contributed by atoms with Crippen LogP contribution in [0.3, 0.4) is 0 Å². The maximum Gasteiger partial charge on any atom is 0.417 e. The second kappa shape index (κ2) is 5.96. The number of aliphatic hydroxyl groups excluding tert-OH is 1. The van der Waals surface area contributed by atoms with Crippen LogP contribution in [-0.4, -0.2) is 22.1 Å². The highest BCUT2D eigenvalue weighted by atomic mass is 19.4. The summed E-state index contributed by atoms with van der Waals surface area (Å²) >= 11 is 0. The molecule has 0 fully saturated rings. The minimum absolute atomic E-state index is 0.00782. The molecule has 22 heavy (non-hydrogen) atoms. The summed E-state index contributed by atoms with van der Waals surface area (Å²) in [7, 11) is 0. The van der Waals surface area contributed by atoms with E-state index in [-0.39, 0.29) is 24.5 Å². The number of rotatable bonds is 4. The lowest BCUT2D eigenvalue weighted by molar-refractivity contribution is -0.137. The first-order valence-corrected chi connectivity index (χ1v) is 6.75. The molecule has 1 N–H and O–H groups in total. The number of aromatic nitrogens is 1. The van der Waals surface area contributed by atoms with E-state index >= 15 is 0 Å². The molecule has 1 heterocycles. The van der Waals surface area contributed by atoms with Crippen LogP contribution in [0.15, 0.2) is 30.5 Å². The molecule has 1 aromatic heterocycles. The molecule has 0 saturated carbocycles. The van der Waals surface area contributed by atoms with Crippen molar-refractivity contribution in [1.29, 1.82) is 0 Å². The second-order valence-corrected chi connectivity index (χ2v) is 5.03. The van der Waals surface area contributed by atoms with Gasteiger partial charge in [0.1, 0.15) is 0 Å². The fraction of sp³-hybridized carbons (Fsp3) is 0.312. The molecule has 0 aliphatic rings. The van der Waals surface area contributed by atoms with Gasteiger partial charge in [0.05, 0.1) is 17.9 Å². The Labute approximate surface area is 126 Å². The van der Waals surface area contributed by atoms with Gasteiger partial charge in [0.2, 0.25) is 0 Å². The van der Waals surface area contributed by atoms with E-state index in [0.717, 1.165) is 6.07 Å². The van der Waals surface area contributed by atoms with E-state index in [1.165, 1.54) is 35.9 Å². The Hall–Kier alpha value is -2.08. The predicted molar refractivity (Wildman–Crippen MR) is 76.7 cm³/mol. The predicted octanol–water partition coefficient (Wildman–Crippen LogP) is 3.68. The molecule has 0 unspecified atom stereocenters. The normalized spacial score (nSPS) is 11.7. The SMILES string of the molecule is CC(=O)c1cn(CCO)c(-c2ccccc2C(F)(F)F)c1C. The van der Waals surface area contributed by atoms with Crippen LogP contribution in [0.4, 0.5) is 13.2 Å². The Bertz CT molecular complexity index is 702. The first kappa shape index (κ1) is 16.3. The average molecular weight is 311 g/mol. The third kappa shape index (κ3) is 2.92. The second-order valence-electron chi connectivity index (χ2n) is 5.03. The lowest BCUT2D eigenvalue weighted by atomic mass is 9.99. The van der Waals surface area contributed by atoms with Crippen molar-refractivity contribution in [3.63, 3.8) is 0 Å². The largest absolute Gasteiger partial charge is 0.417 e. The molecular weight excluding hydrogens is 295 g/mol. The summed E-state index contributed by atoms with van der Waals surface area (Å²) in [5.41, 5.74) is 0.407. The van der Waals surface area contributed by atoms with Crippen LogP contribution in [-0.2, 0) is 12.7 Å². The first-order valence-electron chi connectivity index (χ1n) is 6.75. The third-order valence-electron chi connectivity index (χ3n) is 3.54. The summed E-state index contributed by atoms with van der Waals surface area (Å²) in [4.78, 5) is 11.7. The number of hydrogen-bond donors (Lipinski definition) is 1. The summed E-state index contributed by atoms with van der Waals surface area (Å²) in [6, 6.07) is 5.24. The smallest absolute Gasteiger partial charge is 0.395 e. The third-order valence-corrected chi connectivity index (χ3v) is 3.54. The van der Waals surface area contributed by atoms with E-state index in [4.69, 9.17) is 5.11 Å². The molecule has 0 bridgehead atoms. The van der Waals surface area contributed by atoms with E-state index in [9.17, 15) is 18.0 Å². The van der Waals surface area contributed by atoms with Crippen molar-refractivity contribution in [3.05, 3.63) is 47.2 Å². The highest BCUT2D eigenvalue weighted by Gasteiger charge is 2.34. The number of nitrogens with zero attached hydrogens (tertiary/aromatic N) is 1. The number of carbonyl (C=O) groups excluding carboxylic acids is 1. The van der Waals surface area contributed by atoms with Gasteiger partial charge in [-0.1, -0.05) is 18.2 Å². The molecule has 6 heteroatoms. The summed E-state index contributed by atoms with van der Waals surface area (Å²) < 4.78 is 41.2. The molecule has 0 radical (unpaired) electrons. The molecule has 0 atom stereocenters. The van der Waals surface area contributed by atoms with Gasteiger partial charge in [-0.3, -0.25) is 4.79 Å². The van der Waals surface area contributed by atoms with Crippen LogP contribution in [0.25, 0.3) is 11.3 Å². The van der Waals surface area contributed by atoms with Crippen molar-refractivity contribution in [2.24, 2.45) is 0 Å². The molecule has 118 valence electrons. The molecule has 0 amide bonds. The Morgan fingerprint density at radius 3 is 2.45 bits per heavy atom. The number of benzene rings is 1. The Balaban J connectivity index is 2.75. The number of Topliss-reactive ketones (excluding diaryl/α,β-unsaturated/α-hetero) is 1. The van der Waals surface area contributed by atoms with Crippen molar-refractivity contribution in [1.82, 2.24) is 4.57 Å². The van der Waals surface area contributed by atoms with Gasteiger partial charge >= 0.3 is 6.18 Å². The van der Waals surface area contributed by atoms with Gasteiger partial charge in [0.15, 0.2) is 5.78 Å². The molecule has 0 aliphatic carbocycles. The molecule has 2 aromatic rings. The quantitative estimate of drug-likeness (QED) is 0.875. The molecule has 2 rings (SSSR count). The van der Waals surface area contributed by atoms with E-state index < -0.39 is 11.7 Å². The Morgan fingerprint density at radius 2 is 1.91 bits per heavy atom. The summed E-state index contributed by atoms with van der Waals surface area (Å²) in [5, 5.41) is 9.13. The molecular formula is C16H16F3NO2. The molecule has 1 aromatic carbocycles. The van der Waals surface area contributed by atoms with Crippen LogP contribution in [0.5, 0.6) is 0 Å². The molecule has 3 nitrogen and oxygen atoms in total. The van der Waals surface area contributed by atoms with Gasteiger partial charge in [-0.15, -0.1) is 0 Å². The van der Waals surface area contributed by atoms with Gasteiger partial charge in [-0.2, -0.15) is 13.2 Å². The van der Waals surface area contributed by atoms with Crippen molar-refractivity contribution in [3.8, 4) is 11.3 Å². The van der Waals surface area contributed by atoms with E-state index in [0.29, 0.717) is 16.8 Å². The van der Waals surface area contributed by atoms with Gasteiger partial charge < -0.3 is 9.67 Å². The number of halogens is 3. The fourth-order valence-corrected chi connectivity index (χ4v) is 2.59. The van der Waals surface area contributed by atoms with Crippen LogP contribution in [0.1, 0.15) is 28.4 Å². The van der Waals surface area contributed by atoms with E-state index in [1.54, 1.807) is 6.92 Å². The van der Waals surface area contributed by atoms with Crippen LogP contribution < -0.4 is 0 Å². The number of ketones is 1. The van der Waals surface area contributed by atoms with Gasteiger partial charge in [0, 0.05) is 23.9 Å². The number of aliphatic hydroxyl groups is 1.